The molecule has 0 saturated carbocycles. The van der Waals surface area contributed by atoms with Gasteiger partial charge in [-0.05, 0) is 54.4 Å². The Morgan fingerprint density at radius 3 is 2.53 bits per heavy atom. The van der Waals surface area contributed by atoms with E-state index in [9.17, 15) is 0 Å². The van der Waals surface area contributed by atoms with Crippen molar-refractivity contribution >= 4 is 0 Å². The second-order valence-electron chi connectivity index (χ2n) is 5.49. The van der Waals surface area contributed by atoms with Gasteiger partial charge in [-0.3, -0.25) is 0 Å². The minimum Gasteiger partial charge on any atom is -0.324 e. The van der Waals surface area contributed by atoms with Crippen LogP contribution in [0.2, 0.25) is 0 Å². The van der Waals surface area contributed by atoms with Gasteiger partial charge in [0.2, 0.25) is 0 Å². The van der Waals surface area contributed by atoms with E-state index >= 15 is 0 Å². The van der Waals surface area contributed by atoms with Gasteiger partial charge in [-0.1, -0.05) is 48.5 Å². The van der Waals surface area contributed by atoms with Gasteiger partial charge >= 0.3 is 0 Å². The summed E-state index contributed by atoms with van der Waals surface area (Å²) in [4.78, 5) is 0. The third-order valence-electron chi connectivity index (χ3n) is 4.13. The van der Waals surface area contributed by atoms with E-state index in [2.05, 4.69) is 48.5 Å². The van der Waals surface area contributed by atoms with E-state index in [4.69, 9.17) is 5.73 Å². The Morgan fingerprint density at radius 2 is 1.68 bits per heavy atom. The Hall–Kier alpha value is -1.60. The third-order valence-corrected chi connectivity index (χ3v) is 4.13. The maximum Gasteiger partial charge on any atom is 0.0338 e. The van der Waals surface area contributed by atoms with Gasteiger partial charge < -0.3 is 5.73 Å². The number of rotatable bonds is 3. The monoisotopic (exact) mass is 251 g/mol. The molecule has 0 aliphatic heterocycles. The number of aryl methyl sites for hydroxylation is 1. The highest BCUT2D eigenvalue weighted by atomic mass is 14.6. The molecule has 0 spiro atoms. The van der Waals surface area contributed by atoms with Crippen molar-refractivity contribution in [2.45, 2.75) is 38.1 Å². The van der Waals surface area contributed by atoms with Crippen LogP contribution in [0.3, 0.4) is 0 Å². The normalized spacial score (nSPS) is 15.8. The number of nitrogens with two attached hydrogens (primary N) is 1. The molecule has 1 atom stereocenters. The maximum atomic E-state index is 6.45. The topological polar surface area (TPSA) is 26.0 Å². The van der Waals surface area contributed by atoms with E-state index in [1.54, 1.807) is 0 Å². The molecule has 2 aromatic carbocycles. The van der Waals surface area contributed by atoms with Gasteiger partial charge in [0.15, 0.2) is 0 Å². The first-order chi connectivity index (χ1) is 9.34. The molecule has 19 heavy (non-hydrogen) atoms. The van der Waals surface area contributed by atoms with Crippen LogP contribution in [0, 0.1) is 0 Å². The fourth-order valence-corrected chi connectivity index (χ4v) is 3.14. The van der Waals surface area contributed by atoms with Crippen LogP contribution < -0.4 is 5.73 Å². The summed E-state index contributed by atoms with van der Waals surface area (Å²) in [5.74, 6) is 0. The van der Waals surface area contributed by atoms with Gasteiger partial charge in [-0.2, -0.15) is 0 Å². The molecule has 2 aromatic rings. The van der Waals surface area contributed by atoms with Crippen molar-refractivity contribution in [2.75, 3.05) is 0 Å². The zero-order valence-electron chi connectivity index (χ0n) is 11.3. The van der Waals surface area contributed by atoms with E-state index in [0.29, 0.717) is 0 Å². The van der Waals surface area contributed by atoms with Crippen LogP contribution in [-0.2, 0) is 19.3 Å². The second-order valence-corrected chi connectivity index (χ2v) is 5.49. The van der Waals surface area contributed by atoms with E-state index < -0.39 is 0 Å². The van der Waals surface area contributed by atoms with Gasteiger partial charge in [0.25, 0.3) is 0 Å². The Kier molecular flexibility index (Phi) is 3.65. The minimum atomic E-state index is 0.121. The SMILES string of the molecule is NC(Cc1ccccc1)c1cccc2c1CCCC2. The number of fused-ring (bicyclic) bond motifs is 1. The van der Waals surface area contributed by atoms with Crippen LogP contribution in [0.25, 0.3) is 0 Å². The lowest BCUT2D eigenvalue weighted by molar-refractivity contribution is 0.650. The predicted molar refractivity (Wildman–Crippen MR) is 80.2 cm³/mol. The quantitative estimate of drug-likeness (QED) is 0.882. The fourth-order valence-electron chi connectivity index (χ4n) is 3.14. The number of hydrogen-bond acceptors (Lipinski definition) is 1. The van der Waals surface area contributed by atoms with Gasteiger partial charge in [-0.15, -0.1) is 0 Å². The Bertz CT molecular complexity index is 545. The number of hydrogen-bond donors (Lipinski definition) is 1. The van der Waals surface area contributed by atoms with Gasteiger partial charge in [0.05, 0.1) is 0 Å². The molecule has 1 heteroatoms. The molecule has 0 amide bonds. The minimum absolute atomic E-state index is 0.121. The lowest BCUT2D eigenvalue weighted by atomic mass is 9.85. The molecule has 1 nitrogen and oxygen atoms in total. The molecule has 3 rings (SSSR count). The molecule has 0 heterocycles. The zero-order chi connectivity index (χ0) is 13.1. The average Bonchev–Trinajstić information content (AvgIpc) is 2.47. The van der Waals surface area contributed by atoms with Crippen LogP contribution in [0.5, 0.6) is 0 Å². The molecule has 0 saturated heterocycles. The molecule has 2 N–H and O–H groups in total. The lowest BCUT2D eigenvalue weighted by Crippen LogP contribution is -2.17. The standard InChI is InChI=1S/C18H21N/c19-18(13-14-7-2-1-3-8-14)17-12-6-10-15-9-4-5-11-16(15)17/h1-3,6-8,10,12,18H,4-5,9,11,13,19H2. The highest BCUT2D eigenvalue weighted by Crippen LogP contribution is 2.28. The summed E-state index contributed by atoms with van der Waals surface area (Å²) in [6.07, 6.45) is 5.99. The summed E-state index contributed by atoms with van der Waals surface area (Å²) in [6.45, 7) is 0. The highest BCUT2D eigenvalue weighted by molar-refractivity contribution is 5.39. The molecule has 0 aromatic heterocycles. The molecule has 1 aliphatic rings. The largest absolute Gasteiger partial charge is 0.324 e. The van der Waals surface area contributed by atoms with Gasteiger partial charge in [0.1, 0.15) is 0 Å². The van der Waals surface area contributed by atoms with Crippen molar-refractivity contribution < 1.29 is 0 Å². The molecule has 0 radical (unpaired) electrons. The summed E-state index contributed by atoms with van der Waals surface area (Å²) < 4.78 is 0. The molecule has 1 unspecified atom stereocenters. The zero-order valence-corrected chi connectivity index (χ0v) is 11.3. The van der Waals surface area contributed by atoms with Gasteiger partial charge in [0, 0.05) is 6.04 Å². The van der Waals surface area contributed by atoms with Crippen LogP contribution in [0.4, 0.5) is 0 Å². The van der Waals surface area contributed by atoms with Crippen LogP contribution in [0.1, 0.15) is 41.1 Å². The molecule has 0 bridgehead atoms. The summed E-state index contributed by atoms with van der Waals surface area (Å²) in [5.41, 5.74) is 12.2. The van der Waals surface area contributed by atoms with E-state index in [0.717, 1.165) is 6.42 Å². The highest BCUT2D eigenvalue weighted by Gasteiger charge is 2.17. The van der Waals surface area contributed by atoms with Crippen molar-refractivity contribution in [1.82, 2.24) is 0 Å². The first kappa shape index (κ1) is 12.4. The average molecular weight is 251 g/mol. The Balaban J connectivity index is 1.86. The smallest absolute Gasteiger partial charge is 0.0338 e. The Labute approximate surface area is 115 Å². The third kappa shape index (κ3) is 2.71. The molecule has 0 fully saturated rings. The van der Waals surface area contributed by atoms with E-state index in [1.165, 1.54) is 47.9 Å². The van der Waals surface area contributed by atoms with Crippen LogP contribution >= 0.6 is 0 Å². The molecule has 1 aliphatic carbocycles. The van der Waals surface area contributed by atoms with Crippen molar-refractivity contribution in [2.24, 2.45) is 5.73 Å². The van der Waals surface area contributed by atoms with Gasteiger partial charge in [-0.25, -0.2) is 0 Å². The van der Waals surface area contributed by atoms with E-state index in [1.807, 2.05) is 0 Å². The van der Waals surface area contributed by atoms with Crippen molar-refractivity contribution in [1.29, 1.82) is 0 Å². The fraction of sp³-hybridized carbons (Fsp3) is 0.333. The van der Waals surface area contributed by atoms with E-state index in [-0.39, 0.29) is 6.04 Å². The molecule has 98 valence electrons. The Morgan fingerprint density at radius 1 is 0.895 bits per heavy atom. The van der Waals surface area contributed by atoms with Crippen LogP contribution in [0.15, 0.2) is 48.5 Å². The first-order valence-corrected chi connectivity index (χ1v) is 7.25. The predicted octanol–water partition coefficient (Wildman–Crippen LogP) is 3.81. The number of benzene rings is 2. The summed E-state index contributed by atoms with van der Waals surface area (Å²) >= 11 is 0. The maximum absolute atomic E-state index is 6.45. The van der Waals surface area contributed by atoms with Crippen molar-refractivity contribution in [3.8, 4) is 0 Å². The summed E-state index contributed by atoms with van der Waals surface area (Å²) in [7, 11) is 0. The second kappa shape index (κ2) is 5.58. The van der Waals surface area contributed by atoms with Crippen LogP contribution in [-0.4, -0.2) is 0 Å². The van der Waals surface area contributed by atoms with Crippen molar-refractivity contribution in [3.63, 3.8) is 0 Å². The lowest BCUT2D eigenvalue weighted by Gasteiger charge is -2.23. The molecular formula is C18H21N. The van der Waals surface area contributed by atoms with Crippen molar-refractivity contribution in [3.05, 3.63) is 70.8 Å². The first-order valence-electron chi connectivity index (χ1n) is 7.25. The summed E-state index contributed by atoms with van der Waals surface area (Å²) in [6, 6.07) is 17.3. The summed E-state index contributed by atoms with van der Waals surface area (Å²) in [5, 5.41) is 0. The molecular weight excluding hydrogens is 230 g/mol.